The average Bonchev–Trinajstić information content (AvgIpc) is 3.04. The number of nitrogens with one attached hydrogen (secondary N) is 2. The first-order valence-electron chi connectivity index (χ1n) is 20.3. The second-order valence-corrected chi connectivity index (χ2v) is 17.7. The molecular weight excluding hydrogens is 717 g/mol. The van der Waals surface area contributed by atoms with Crippen LogP contribution in [-0.2, 0) is 29.6 Å². The van der Waals surface area contributed by atoms with Crippen molar-refractivity contribution < 1.29 is 36.6 Å². The summed E-state index contributed by atoms with van der Waals surface area (Å²) in [6, 6.07) is 0. The Bertz CT molecular complexity index is 904. The molecule has 0 saturated carbocycles. The zero-order valence-corrected chi connectivity index (χ0v) is 36.7. The van der Waals surface area contributed by atoms with Crippen molar-refractivity contribution in [3.63, 3.8) is 0 Å². The number of aliphatic carboxylic acids is 2. The van der Waals surface area contributed by atoms with Crippen LogP contribution in [0.3, 0.4) is 0 Å². The van der Waals surface area contributed by atoms with Crippen molar-refractivity contribution in [1.82, 2.24) is 9.44 Å². The van der Waals surface area contributed by atoms with Crippen molar-refractivity contribution in [3.05, 3.63) is 0 Å². The molecule has 0 aromatic carbocycles. The van der Waals surface area contributed by atoms with Gasteiger partial charge in [-0.1, -0.05) is 181 Å². The third-order valence-electron chi connectivity index (χ3n) is 8.84. The molecule has 51 heavy (non-hydrogen) atoms. The van der Waals surface area contributed by atoms with E-state index in [1.165, 1.54) is 141 Å². The molecule has 0 spiro atoms. The predicted molar refractivity (Wildman–Crippen MR) is 209 cm³/mol. The summed E-state index contributed by atoms with van der Waals surface area (Å²) in [5, 5.41) is 20.5. The second kappa shape index (κ2) is 41.2. The van der Waals surface area contributed by atoms with E-state index in [1.807, 2.05) is 0 Å². The number of carboxylic acids is 2. The molecule has 0 aliphatic rings. The van der Waals surface area contributed by atoms with E-state index in [4.69, 9.17) is 0 Å². The molecule has 0 saturated heterocycles. The fraction of sp³-hybridized carbons (Fsp3) is 0.947. The maximum atomic E-state index is 11.6. The van der Waals surface area contributed by atoms with Crippen LogP contribution in [0.25, 0.3) is 0 Å². The van der Waals surface area contributed by atoms with Crippen LogP contribution in [0, 0.1) is 0 Å². The molecule has 0 bridgehead atoms. The van der Waals surface area contributed by atoms with Gasteiger partial charge in [0.15, 0.2) is 0 Å². The molecule has 0 radical (unpaired) electrons. The van der Waals surface area contributed by atoms with Crippen LogP contribution in [0.15, 0.2) is 0 Å². The first-order chi connectivity index (χ1) is 24.0. The molecule has 0 aliphatic heterocycles. The van der Waals surface area contributed by atoms with Crippen molar-refractivity contribution in [1.29, 1.82) is 0 Å². The Hall–Kier alpha value is 0.0197. The summed E-state index contributed by atoms with van der Waals surface area (Å²) in [7, 11) is -6.67. The maximum absolute atomic E-state index is 11.6. The van der Waals surface area contributed by atoms with E-state index >= 15 is 0 Å². The third-order valence-corrected chi connectivity index (χ3v) is 11.8. The number of carbonyl (C=O) groups is 2. The van der Waals surface area contributed by atoms with Gasteiger partial charge in [0.1, 0.15) is 0 Å². The molecule has 0 aromatic heterocycles. The van der Waals surface area contributed by atoms with Gasteiger partial charge in [0.05, 0.1) is 11.5 Å². The van der Waals surface area contributed by atoms with Crippen LogP contribution in [0.5, 0.6) is 0 Å². The molecule has 0 unspecified atom stereocenters. The quantitative estimate of drug-likeness (QED) is 0.0515. The number of sulfonamides is 2. The fourth-order valence-corrected chi connectivity index (χ4v) is 8.02. The molecule has 13 heteroatoms. The molecular formula is C38H76CaN2O8S2. The smallest absolute Gasteiger partial charge is 0.550 e. The van der Waals surface area contributed by atoms with Gasteiger partial charge in [-0.25, -0.2) is 26.3 Å². The Morgan fingerprint density at radius 3 is 0.784 bits per heavy atom. The number of unbranched alkanes of at least 4 members (excludes halogenated alkanes) is 26. The van der Waals surface area contributed by atoms with E-state index < -0.39 is 32.0 Å². The van der Waals surface area contributed by atoms with E-state index in [1.54, 1.807) is 0 Å². The molecule has 10 nitrogen and oxygen atoms in total. The van der Waals surface area contributed by atoms with Crippen molar-refractivity contribution in [2.24, 2.45) is 0 Å². The molecule has 0 heterocycles. The summed E-state index contributed by atoms with van der Waals surface area (Å²) < 4.78 is 51.0. The molecule has 0 aromatic rings. The van der Waals surface area contributed by atoms with E-state index in [0.717, 1.165) is 25.7 Å². The zero-order valence-electron chi connectivity index (χ0n) is 32.8. The van der Waals surface area contributed by atoms with E-state index in [2.05, 4.69) is 23.3 Å². The van der Waals surface area contributed by atoms with Gasteiger partial charge in [-0.05, 0) is 12.8 Å². The normalized spacial score (nSPS) is 11.5. The van der Waals surface area contributed by atoms with Gasteiger partial charge < -0.3 is 19.8 Å². The summed E-state index contributed by atoms with van der Waals surface area (Å²) in [6.07, 6.45) is 33.9. The van der Waals surface area contributed by atoms with Crippen LogP contribution in [-0.4, -0.2) is 91.1 Å². The van der Waals surface area contributed by atoms with Gasteiger partial charge in [-0.3, -0.25) is 0 Å². The Labute approximate surface area is 344 Å². The van der Waals surface area contributed by atoms with Crippen molar-refractivity contribution in [3.8, 4) is 0 Å². The van der Waals surface area contributed by atoms with Gasteiger partial charge >= 0.3 is 37.7 Å². The summed E-state index contributed by atoms with van der Waals surface area (Å²) in [5.41, 5.74) is 0. The monoisotopic (exact) mass is 792 g/mol. The van der Waals surface area contributed by atoms with Gasteiger partial charge in [0.2, 0.25) is 20.0 Å². The minimum atomic E-state index is -3.33. The molecule has 2 N–H and O–H groups in total. The maximum Gasteiger partial charge on any atom is 2.00 e. The Morgan fingerprint density at radius 1 is 0.392 bits per heavy atom. The standard InChI is InChI=1S/2C19H39NO4S.Ca/c2*1-2-3-4-5-6-7-8-9-10-11-12-13-14-15-18-25(23,24)20-17-16-19(21)22;/h2*20H,2-18H2,1H3,(H,21,22);/q;;+2/p-2. The van der Waals surface area contributed by atoms with Crippen LogP contribution in [0.2, 0.25) is 0 Å². The minimum absolute atomic E-state index is 0. The average molecular weight is 793 g/mol. The number of hydrogen-bond acceptors (Lipinski definition) is 8. The minimum Gasteiger partial charge on any atom is -0.550 e. The van der Waals surface area contributed by atoms with Gasteiger partial charge in [0.25, 0.3) is 0 Å². The Balaban J connectivity index is -0.000000886. The van der Waals surface area contributed by atoms with Crippen LogP contribution < -0.4 is 19.7 Å². The molecule has 0 atom stereocenters. The molecule has 0 amide bonds. The summed E-state index contributed by atoms with van der Waals surface area (Å²) in [6.45, 7) is 4.33. The van der Waals surface area contributed by atoms with Gasteiger partial charge in [0, 0.05) is 37.9 Å². The molecule has 0 aliphatic carbocycles. The van der Waals surface area contributed by atoms with Crippen molar-refractivity contribution >= 4 is 69.7 Å². The second-order valence-electron chi connectivity index (χ2n) is 13.9. The molecule has 0 fully saturated rings. The van der Waals surface area contributed by atoms with Crippen LogP contribution in [0.1, 0.15) is 206 Å². The van der Waals surface area contributed by atoms with E-state index in [0.29, 0.717) is 12.8 Å². The number of hydrogen-bond donors (Lipinski definition) is 2. The SMILES string of the molecule is CCCCCCCCCCCCCCCCS(=O)(=O)NCCC(=O)[O-].CCCCCCCCCCCCCCCCS(=O)(=O)NCCC(=O)[O-].[Ca+2]. The molecule has 300 valence electrons. The Morgan fingerprint density at radius 2 is 0.588 bits per heavy atom. The van der Waals surface area contributed by atoms with Crippen LogP contribution in [0.4, 0.5) is 0 Å². The third kappa shape index (κ3) is 50.0. The van der Waals surface area contributed by atoms with Gasteiger partial charge in [-0.2, -0.15) is 0 Å². The summed E-state index contributed by atoms with van der Waals surface area (Å²) in [4.78, 5) is 20.5. The number of carboxylic acid groups (broad SMARTS) is 2. The van der Waals surface area contributed by atoms with Crippen molar-refractivity contribution in [2.45, 2.75) is 206 Å². The predicted octanol–water partition coefficient (Wildman–Crippen LogP) is 6.67. The molecule has 0 rings (SSSR count). The van der Waals surface area contributed by atoms with Gasteiger partial charge in [-0.15, -0.1) is 0 Å². The Kier molecular flexibility index (Phi) is 44.7. The van der Waals surface area contributed by atoms with E-state index in [9.17, 15) is 36.6 Å². The largest absolute Gasteiger partial charge is 2.00 e. The van der Waals surface area contributed by atoms with E-state index in [-0.39, 0.29) is 75.2 Å². The van der Waals surface area contributed by atoms with Crippen molar-refractivity contribution in [2.75, 3.05) is 24.6 Å². The fourth-order valence-electron chi connectivity index (χ4n) is 5.73. The summed E-state index contributed by atoms with van der Waals surface area (Å²) >= 11 is 0. The number of rotatable bonds is 38. The number of carbonyl (C=O) groups excluding carboxylic acids is 2. The topological polar surface area (TPSA) is 173 Å². The summed E-state index contributed by atoms with van der Waals surface area (Å²) in [5.74, 6) is -2.31. The first kappa shape index (κ1) is 55.4. The first-order valence-corrected chi connectivity index (χ1v) is 23.6. The zero-order chi connectivity index (χ0) is 37.6. The van der Waals surface area contributed by atoms with Crippen LogP contribution >= 0.6 is 0 Å².